The summed E-state index contributed by atoms with van der Waals surface area (Å²) in [6.07, 6.45) is 3.81. The smallest absolute Gasteiger partial charge is 0.0637 e. The van der Waals surface area contributed by atoms with Crippen molar-refractivity contribution >= 4 is 37.5 Å². The molecule has 82 valence electrons. The summed E-state index contributed by atoms with van der Waals surface area (Å²) < 4.78 is 7.09. The van der Waals surface area contributed by atoms with Crippen molar-refractivity contribution in [2.75, 3.05) is 18.9 Å². The van der Waals surface area contributed by atoms with Gasteiger partial charge >= 0.3 is 0 Å². The lowest BCUT2D eigenvalue weighted by molar-refractivity contribution is 0.0843. The first kappa shape index (κ1) is 11.4. The van der Waals surface area contributed by atoms with E-state index in [1.807, 2.05) is 0 Å². The number of nitrogen functional groups attached to an aromatic ring is 1. The molecule has 2 N–H and O–H groups in total. The molecular weight excluding hydrogens is 324 g/mol. The number of nitrogens with two attached hydrogens (primary N) is 1. The number of rotatable bonds is 1. The first-order valence-corrected chi connectivity index (χ1v) is 6.46. The second kappa shape index (κ2) is 4.80. The maximum atomic E-state index is 5.92. The van der Waals surface area contributed by atoms with Gasteiger partial charge in [0.05, 0.1) is 20.3 Å². The normalized spacial score (nSPS) is 18.0. The molecule has 3 nitrogen and oxygen atoms in total. The van der Waals surface area contributed by atoms with E-state index >= 15 is 0 Å². The Bertz CT molecular complexity index is 365. The summed E-state index contributed by atoms with van der Waals surface area (Å²) in [5.41, 5.74) is 7.71. The van der Waals surface area contributed by atoms with Gasteiger partial charge in [0.1, 0.15) is 0 Å². The van der Waals surface area contributed by atoms with Crippen LogP contribution >= 0.6 is 31.9 Å². The monoisotopic (exact) mass is 334 g/mol. The number of nitrogens with zero attached hydrogens (tertiary/aromatic N) is 1. The molecule has 1 fully saturated rings. The molecule has 2 heterocycles. The van der Waals surface area contributed by atoms with Crippen molar-refractivity contribution in [1.82, 2.24) is 4.98 Å². The molecule has 0 aliphatic carbocycles. The van der Waals surface area contributed by atoms with Crippen LogP contribution in [0.2, 0.25) is 0 Å². The fourth-order valence-electron chi connectivity index (χ4n) is 1.75. The summed E-state index contributed by atoms with van der Waals surface area (Å²) in [5, 5.41) is 0. The summed E-state index contributed by atoms with van der Waals surface area (Å²) in [6.45, 7) is 1.63. The van der Waals surface area contributed by atoms with Crippen LogP contribution in [0.25, 0.3) is 0 Å². The predicted octanol–water partition coefficient (Wildman–Crippen LogP) is 3.08. The van der Waals surface area contributed by atoms with Crippen LogP contribution in [0.15, 0.2) is 15.1 Å². The zero-order valence-corrected chi connectivity index (χ0v) is 11.3. The number of anilines is 1. The van der Waals surface area contributed by atoms with Gasteiger partial charge in [-0.3, -0.25) is 4.98 Å². The highest BCUT2D eigenvalue weighted by Crippen LogP contribution is 2.36. The average molecular weight is 336 g/mol. The van der Waals surface area contributed by atoms with Crippen molar-refractivity contribution in [3.05, 3.63) is 20.8 Å². The third-order valence-electron chi connectivity index (χ3n) is 2.64. The predicted molar refractivity (Wildman–Crippen MR) is 66.8 cm³/mol. The molecular formula is C10H12Br2N2O. The van der Waals surface area contributed by atoms with E-state index in [1.54, 1.807) is 6.20 Å². The number of hydrogen-bond acceptors (Lipinski definition) is 3. The third-order valence-corrected chi connectivity index (χ3v) is 4.11. The van der Waals surface area contributed by atoms with Gasteiger partial charge < -0.3 is 10.5 Å². The molecule has 1 aliphatic rings. The van der Waals surface area contributed by atoms with Crippen molar-refractivity contribution in [2.24, 2.45) is 0 Å². The van der Waals surface area contributed by atoms with Crippen molar-refractivity contribution < 1.29 is 4.74 Å². The lowest BCUT2D eigenvalue weighted by atomic mass is 9.96. The van der Waals surface area contributed by atoms with Crippen molar-refractivity contribution in [1.29, 1.82) is 0 Å². The molecule has 2 rings (SSSR count). The number of hydrogen-bond donors (Lipinski definition) is 1. The summed E-state index contributed by atoms with van der Waals surface area (Å²) in [7, 11) is 0. The molecule has 1 aromatic heterocycles. The molecule has 0 spiro atoms. The molecule has 0 atom stereocenters. The lowest BCUT2D eigenvalue weighted by Crippen LogP contribution is -2.16. The van der Waals surface area contributed by atoms with E-state index in [4.69, 9.17) is 10.5 Å². The van der Waals surface area contributed by atoms with E-state index in [0.29, 0.717) is 5.92 Å². The largest absolute Gasteiger partial charge is 0.397 e. The van der Waals surface area contributed by atoms with Crippen LogP contribution in [0.1, 0.15) is 24.5 Å². The third kappa shape index (κ3) is 2.34. The van der Waals surface area contributed by atoms with E-state index in [0.717, 1.165) is 46.4 Å². The summed E-state index contributed by atoms with van der Waals surface area (Å²) in [4.78, 5) is 4.43. The number of pyridine rings is 1. The minimum atomic E-state index is 0.462. The zero-order chi connectivity index (χ0) is 10.8. The molecule has 1 aromatic rings. The van der Waals surface area contributed by atoms with Gasteiger partial charge in [-0.1, -0.05) is 0 Å². The maximum Gasteiger partial charge on any atom is 0.0637 e. The van der Waals surface area contributed by atoms with Crippen LogP contribution in [0.3, 0.4) is 0 Å². The molecule has 0 amide bonds. The number of halogens is 2. The van der Waals surface area contributed by atoms with Crippen molar-refractivity contribution in [3.63, 3.8) is 0 Å². The Morgan fingerprint density at radius 3 is 2.67 bits per heavy atom. The van der Waals surface area contributed by atoms with E-state index in [9.17, 15) is 0 Å². The Morgan fingerprint density at radius 2 is 2.00 bits per heavy atom. The van der Waals surface area contributed by atoms with Gasteiger partial charge in [-0.15, -0.1) is 0 Å². The summed E-state index contributed by atoms with van der Waals surface area (Å²) in [5.74, 6) is 0.462. The quantitative estimate of drug-likeness (QED) is 0.858. The standard InChI is InChI=1S/C10H12Br2N2O/c11-7-5-14-10(8(12)9(7)13)6-1-3-15-4-2-6/h5-6H,1-4H2,(H2,13,14). The van der Waals surface area contributed by atoms with Crippen LogP contribution in [0.4, 0.5) is 5.69 Å². The van der Waals surface area contributed by atoms with Gasteiger partial charge in [-0.05, 0) is 44.7 Å². The topological polar surface area (TPSA) is 48.1 Å². The minimum absolute atomic E-state index is 0.462. The molecule has 15 heavy (non-hydrogen) atoms. The Morgan fingerprint density at radius 1 is 1.33 bits per heavy atom. The lowest BCUT2D eigenvalue weighted by Gasteiger charge is -2.23. The molecule has 0 unspecified atom stereocenters. The van der Waals surface area contributed by atoms with Gasteiger partial charge in [0.15, 0.2) is 0 Å². The first-order chi connectivity index (χ1) is 7.20. The van der Waals surface area contributed by atoms with Crippen LogP contribution < -0.4 is 5.73 Å². The molecule has 0 bridgehead atoms. The van der Waals surface area contributed by atoms with E-state index in [1.165, 1.54) is 0 Å². The van der Waals surface area contributed by atoms with Gasteiger partial charge in [0, 0.05) is 25.3 Å². The van der Waals surface area contributed by atoms with E-state index in [-0.39, 0.29) is 0 Å². The number of aromatic nitrogens is 1. The maximum absolute atomic E-state index is 5.92. The average Bonchev–Trinajstić information content (AvgIpc) is 2.27. The van der Waals surface area contributed by atoms with Crippen LogP contribution in [0.5, 0.6) is 0 Å². The second-order valence-electron chi connectivity index (χ2n) is 3.61. The van der Waals surface area contributed by atoms with Crippen LogP contribution in [-0.4, -0.2) is 18.2 Å². The van der Waals surface area contributed by atoms with Gasteiger partial charge in [-0.25, -0.2) is 0 Å². The van der Waals surface area contributed by atoms with Crippen LogP contribution in [0, 0.1) is 0 Å². The first-order valence-electron chi connectivity index (χ1n) is 4.87. The highest BCUT2D eigenvalue weighted by Gasteiger charge is 2.21. The minimum Gasteiger partial charge on any atom is -0.397 e. The van der Waals surface area contributed by atoms with Crippen LogP contribution in [-0.2, 0) is 4.74 Å². The fraction of sp³-hybridized carbons (Fsp3) is 0.500. The van der Waals surface area contributed by atoms with E-state index in [2.05, 4.69) is 36.8 Å². The molecule has 0 aromatic carbocycles. The zero-order valence-electron chi connectivity index (χ0n) is 8.17. The fourth-order valence-corrected chi connectivity index (χ4v) is 2.96. The Kier molecular flexibility index (Phi) is 3.64. The number of ether oxygens (including phenoxy) is 1. The summed E-state index contributed by atoms with van der Waals surface area (Å²) >= 11 is 6.87. The van der Waals surface area contributed by atoms with Gasteiger partial charge in [0.2, 0.25) is 0 Å². The molecule has 1 aliphatic heterocycles. The summed E-state index contributed by atoms with van der Waals surface area (Å²) in [6, 6.07) is 0. The van der Waals surface area contributed by atoms with Gasteiger partial charge in [0.25, 0.3) is 0 Å². The Balaban J connectivity index is 2.31. The Hall–Kier alpha value is -0.130. The highest BCUT2D eigenvalue weighted by atomic mass is 79.9. The van der Waals surface area contributed by atoms with Crippen molar-refractivity contribution in [3.8, 4) is 0 Å². The van der Waals surface area contributed by atoms with E-state index < -0.39 is 0 Å². The molecule has 0 radical (unpaired) electrons. The van der Waals surface area contributed by atoms with Gasteiger partial charge in [-0.2, -0.15) is 0 Å². The molecule has 1 saturated heterocycles. The highest BCUT2D eigenvalue weighted by molar-refractivity contribution is 9.11. The van der Waals surface area contributed by atoms with Crippen molar-refractivity contribution in [2.45, 2.75) is 18.8 Å². The second-order valence-corrected chi connectivity index (χ2v) is 5.25. The molecule has 5 heteroatoms. The molecule has 0 saturated carbocycles. The SMILES string of the molecule is Nc1c(Br)cnc(C2CCOCC2)c1Br. The Labute approximate surface area is 106 Å².